The van der Waals surface area contributed by atoms with Gasteiger partial charge in [-0.2, -0.15) is 0 Å². The summed E-state index contributed by atoms with van der Waals surface area (Å²) in [4.78, 5) is 12.0. The second-order valence-electron chi connectivity index (χ2n) is 5.30. The summed E-state index contributed by atoms with van der Waals surface area (Å²) in [6, 6.07) is 10.7. The van der Waals surface area contributed by atoms with Gasteiger partial charge >= 0.3 is 0 Å². The van der Waals surface area contributed by atoms with E-state index in [-0.39, 0.29) is 12.5 Å². The predicted molar refractivity (Wildman–Crippen MR) is 98.8 cm³/mol. The number of benzene rings is 2. The van der Waals surface area contributed by atoms with E-state index in [1.807, 2.05) is 18.2 Å². The number of hydrogen-bond acceptors (Lipinski definition) is 2. The van der Waals surface area contributed by atoms with Crippen LogP contribution in [0.25, 0.3) is 0 Å². The quantitative estimate of drug-likeness (QED) is 0.659. The van der Waals surface area contributed by atoms with Crippen LogP contribution in [0.1, 0.15) is 25.3 Å². The molecule has 0 aliphatic carbocycles. The number of amides is 1. The minimum atomic E-state index is -0.263. The molecule has 0 bridgehead atoms. The van der Waals surface area contributed by atoms with Crippen LogP contribution in [0.4, 0.5) is 5.69 Å². The van der Waals surface area contributed by atoms with Gasteiger partial charge in [0.05, 0.1) is 10.0 Å². The molecule has 0 fully saturated rings. The fourth-order valence-electron chi connectivity index (χ4n) is 2.02. The summed E-state index contributed by atoms with van der Waals surface area (Å²) in [6.07, 6.45) is 0. The summed E-state index contributed by atoms with van der Waals surface area (Å²) in [6.45, 7) is 4.07. The second-order valence-corrected chi connectivity index (χ2v) is 7.03. The van der Waals surface area contributed by atoms with E-state index in [0.29, 0.717) is 27.4 Å². The zero-order valence-corrected chi connectivity index (χ0v) is 15.8. The van der Waals surface area contributed by atoms with Gasteiger partial charge in [0.2, 0.25) is 0 Å². The first-order valence-corrected chi connectivity index (χ1v) is 8.59. The van der Waals surface area contributed by atoms with E-state index >= 15 is 0 Å². The van der Waals surface area contributed by atoms with Crippen molar-refractivity contribution in [3.05, 3.63) is 56.5 Å². The maximum absolute atomic E-state index is 12.0. The van der Waals surface area contributed by atoms with Gasteiger partial charge in [-0.25, -0.2) is 0 Å². The van der Waals surface area contributed by atoms with E-state index in [1.54, 1.807) is 18.2 Å². The Morgan fingerprint density at radius 1 is 1.17 bits per heavy atom. The smallest absolute Gasteiger partial charge is 0.262 e. The summed E-state index contributed by atoms with van der Waals surface area (Å²) in [5.41, 5.74) is 1.62. The van der Waals surface area contributed by atoms with Crippen molar-refractivity contribution in [3.63, 3.8) is 0 Å². The highest BCUT2D eigenvalue weighted by Crippen LogP contribution is 2.29. The average molecular weight is 417 g/mol. The number of hydrogen-bond donors (Lipinski definition) is 1. The third kappa shape index (κ3) is 5.13. The standard InChI is InChI=1S/C17H16BrCl2NO2/c1-10(2)13-7-11(18)3-6-16(13)23-9-17(22)21-12-4-5-14(19)15(20)8-12/h3-8,10H,9H2,1-2H3,(H,21,22). The summed E-state index contributed by atoms with van der Waals surface area (Å²) in [5, 5.41) is 3.56. The lowest BCUT2D eigenvalue weighted by molar-refractivity contribution is -0.118. The van der Waals surface area contributed by atoms with Gasteiger partial charge in [-0.3, -0.25) is 4.79 Å². The average Bonchev–Trinajstić information content (AvgIpc) is 2.49. The van der Waals surface area contributed by atoms with E-state index in [4.69, 9.17) is 27.9 Å². The summed E-state index contributed by atoms with van der Waals surface area (Å²) in [7, 11) is 0. The van der Waals surface area contributed by atoms with Gasteiger partial charge in [0, 0.05) is 10.2 Å². The van der Waals surface area contributed by atoms with Crippen LogP contribution in [0.5, 0.6) is 5.75 Å². The summed E-state index contributed by atoms with van der Waals surface area (Å²) in [5.74, 6) is 0.731. The van der Waals surface area contributed by atoms with Crippen LogP contribution in [-0.4, -0.2) is 12.5 Å². The Kier molecular flexibility index (Phi) is 6.33. The first-order chi connectivity index (χ1) is 10.9. The number of halogens is 3. The Balaban J connectivity index is 2.00. The minimum Gasteiger partial charge on any atom is -0.483 e. The third-order valence-corrected chi connectivity index (χ3v) is 4.39. The highest BCUT2D eigenvalue weighted by molar-refractivity contribution is 9.10. The number of carbonyl (C=O) groups is 1. The van der Waals surface area contributed by atoms with E-state index in [9.17, 15) is 4.79 Å². The molecular formula is C17H16BrCl2NO2. The molecule has 122 valence electrons. The topological polar surface area (TPSA) is 38.3 Å². The van der Waals surface area contributed by atoms with E-state index in [2.05, 4.69) is 35.1 Å². The zero-order valence-electron chi connectivity index (χ0n) is 12.7. The highest BCUT2D eigenvalue weighted by Gasteiger charge is 2.11. The van der Waals surface area contributed by atoms with Crippen molar-refractivity contribution in [2.45, 2.75) is 19.8 Å². The first-order valence-electron chi connectivity index (χ1n) is 7.04. The van der Waals surface area contributed by atoms with Crippen LogP contribution >= 0.6 is 39.1 Å². The maximum atomic E-state index is 12.0. The molecule has 0 atom stereocenters. The van der Waals surface area contributed by atoms with Gasteiger partial charge in [0.1, 0.15) is 5.75 Å². The van der Waals surface area contributed by atoms with Crippen molar-refractivity contribution in [3.8, 4) is 5.75 Å². The molecule has 0 aromatic heterocycles. The lowest BCUT2D eigenvalue weighted by Gasteiger charge is -2.14. The second kappa shape index (κ2) is 8.04. The summed E-state index contributed by atoms with van der Waals surface area (Å²) >= 11 is 15.2. The van der Waals surface area contributed by atoms with Crippen molar-refractivity contribution in [1.29, 1.82) is 0 Å². The molecule has 3 nitrogen and oxygen atoms in total. The highest BCUT2D eigenvalue weighted by atomic mass is 79.9. The number of rotatable bonds is 5. The molecule has 0 saturated carbocycles. The Morgan fingerprint density at radius 3 is 2.57 bits per heavy atom. The first kappa shape index (κ1) is 18.1. The van der Waals surface area contributed by atoms with Crippen LogP contribution in [0.2, 0.25) is 10.0 Å². The number of carbonyl (C=O) groups excluding carboxylic acids is 1. The lowest BCUT2D eigenvalue weighted by atomic mass is 10.0. The molecule has 0 heterocycles. The molecule has 6 heteroatoms. The molecule has 0 radical (unpaired) electrons. The van der Waals surface area contributed by atoms with E-state index < -0.39 is 0 Å². The molecule has 2 rings (SSSR count). The van der Waals surface area contributed by atoms with Crippen LogP contribution in [0.15, 0.2) is 40.9 Å². The van der Waals surface area contributed by atoms with Crippen molar-refractivity contribution >= 4 is 50.7 Å². The maximum Gasteiger partial charge on any atom is 0.262 e. The molecule has 1 amide bonds. The van der Waals surface area contributed by atoms with Crippen molar-refractivity contribution in [2.75, 3.05) is 11.9 Å². The third-order valence-electron chi connectivity index (χ3n) is 3.16. The Bertz CT molecular complexity index is 720. The van der Waals surface area contributed by atoms with Crippen LogP contribution in [0, 0.1) is 0 Å². The molecule has 0 saturated heterocycles. The van der Waals surface area contributed by atoms with Crippen LogP contribution in [0.3, 0.4) is 0 Å². The van der Waals surface area contributed by atoms with E-state index in [1.165, 1.54) is 0 Å². The van der Waals surface area contributed by atoms with Gasteiger partial charge in [-0.1, -0.05) is 53.0 Å². The van der Waals surface area contributed by atoms with Gasteiger partial charge in [0.15, 0.2) is 6.61 Å². The Labute approximate surface area is 154 Å². The molecule has 0 unspecified atom stereocenters. The van der Waals surface area contributed by atoms with Gasteiger partial charge < -0.3 is 10.1 Å². The minimum absolute atomic E-state index is 0.0817. The molecule has 1 N–H and O–H groups in total. The van der Waals surface area contributed by atoms with Crippen LogP contribution < -0.4 is 10.1 Å². The van der Waals surface area contributed by atoms with Gasteiger partial charge in [-0.15, -0.1) is 0 Å². The molecule has 2 aromatic carbocycles. The fraction of sp³-hybridized carbons (Fsp3) is 0.235. The van der Waals surface area contributed by atoms with E-state index in [0.717, 1.165) is 10.0 Å². The number of anilines is 1. The molecule has 0 spiro atoms. The molecule has 2 aromatic rings. The lowest BCUT2D eigenvalue weighted by Crippen LogP contribution is -2.20. The SMILES string of the molecule is CC(C)c1cc(Br)ccc1OCC(=O)Nc1ccc(Cl)c(Cl)c1. The van der Waals surface area contributed by atoms with Gasteiger partial charge in [0.25, 0.3) is 5.91 Å². The molecule has 0 aliphatic rings. The monoisotopic (exact) mass is 415 g/mol. The van der Waals surface area contributed by atoms with Crippen molar-refractivity contribution < 1.29 is 9.53 Å². The largest absolute Gasteiger partial charge is 0.483 e. The predicted octanol–water partition coefficient (Wildman–Crippen LogP) is 5.90. The number of ether oxygens (including phenoxy) is 1. The number of nitrogens with one attached hydrogen (secondary N) is 1. The molecule has 23 heavy (non-hydrogen) atoms. The van der Waals surface area contributed by atoms with Crippen molar-refractivity contribution in [2.24, 2.45) is 0 Å². The van der Waals surface area contributed by atoms with Crippen molar-refractivity contribution in [1.82, 2.24) is 0 Å². The Morgan fingerprint density at radius 2 is 1.91 bits per heavy atom. The van der Waals surface area contributed by atoms with Crippen LogP contribution in [-0.2, 0) is 4.79 Å². The normalized spacial score (nSPS) is 10.7. The fourth-order valence-corrected chi connectivity index (χ4v) is 2.69. The molecular weight excluding hydrogens is 401 g/mol. The van der Waals surface area contributed by atoms with Gasteiger partial charge in [-0.05, 0) is 47.9 Å². The summed E-state index contributed by atoms with van der Waals surface area (Å²) < 4.78 is 6.63. The molecule has 0 aliphatic heterocycles. The zero-order chi connectivity index (χ0) is 17.0. The Hall–Kier alpha value is -1.23.